The van der Waals surface area contributed by atoms with Gasteiger partial charge in [-0.05, 0) is 18.2 Å². The first-order chi connectivity index (χ1) is 7.47. The summed E-state index contributed by atoms with van der Waals surface area (Å²) in [6, 6.07) is 3.87. The Morgan fingerprint density at radius 3 is 2.62 bits per heavy atom. The van der Waals surface area contributed by atoms with Crippen LogP contribution in [0.25, 0.3) is 0 Å². The van der Waals surface area contributed by atoms with E-state index in [1.54, 1.807) is 25.2 Å². The second kappa shape index (κ2) is 5.50. The molecule has 6 heteroatoms. The highest BCUT2D eigenvalue weighted by molar-refractivity contribution is 6.42. The van der Waals surface area contributed by atoms with E-state index in [-0.39, 0.29) is 5.91 Å². The molecule has 3 N–H and O–H groups in total. The van der Waals surface area contributed by atoms with Crippen molar-refractivity contribution in [3.8, 4) is 0 Å². The summed E-state index contributed by atoms with van der Waals surface area (Å²) >= 11 is 11.6. The number of anilines is 1. The summed E-state index contributed by atoms with van der Waals surface area (Å²) in [6.45, 7) is -0.398. The number of benzene rings is 1. The molecule has 0 aliphatic carbocycles. The predicted molar refractivity (Wildman–Crippen MR) is 64.9 cm³/mol. The van der Waals surface area contributed by atoms with E-state index in [4.69, 9.17) is 34.0 Å². The van der Waals surface area contributed by atoms with Crippen molar-refractivity contribution in [1.29, 1.82) is 0 Å². The lowest BCUT2D eigenvalue weighted by atomic mass is 10.2. The van der Waals surface area contributed by atoms with Crippen LogP contribution in [0.1, 0.15) is 0 Å². The van der Waals surface area contributed by atoms with Crippen LogP contribution in [0.3, 0.4) is 0 Å². The lowest BCUT2D eigenvalue weighted by Gasteiger charge is -2.20. The van der Waals surface area contributed by atoms with Gasteiger partial charge in [-0.2, -0.15) is 0 Å². The summed E-state index contributed by atoms with van der Waals surface area (Å²) < 4.78 is 0. The Balaban J connectivity index is 2.92. The molecule has 0 heterocycles. The van der Waals surface area contributed by atoms with Crippen molar-refractivity contribution in [2.75, 3.05) is 18.6 Å². The lowest BCUT2D eigenvalue weighted by molar-refractivity contribution is -0.120. The Morgan fingerprint density at radius 1 is 1.50 bits per heavy atom. The number of aliphatic hydroxyl groups excluding tert-OH is 1. The van der Waals surface area contributed by atoms with Gasteiger partial charge in [0.25, 0.3) is 0 Å². The third-order valence-corrected chi connectivity index (χ3v) is 2.87. The highest BCUT2D eigenvalue weighted by atomic mass is 35.5. The maximum atomic E-state index is 11.6. The molecule has 1 aromatic rings. The standard InChI is InChI=1S/C10H12Cl2N2O2/c1-14(10(16)9(13)5-15)6-2-3-7(11)8(12)4-6/h2-4,9,15H,5,13H2,1H3. The quantitative estimate of drug-likeness (QED) is 0.863. The van der Waals surface area contributed by atoms with Crippen molar-refractivity contribution in [1.82, 2.24) is 0 Å². The predicted octanol–water partition coefficient (Wildman–Crippen LogP) is 1.28. The zero-order valence-electron chi connectivity index (χ0n) is 8.65. The third-order valence-electron chi connectivity index (χ3n) is 2.13. The van der Waals surface area contributed by atoms with Gasteiger partial charge in [0.05, 0.1) is 16.7 Å². The largest absolute Gasteiger partial charge is 0.394 e. The van der Waals surface area contributed by atoms with Gasteiger partial charge in [0.1, 0.15) is 6.04 Å². The number of rotatable bonds is 3. The van der Waals surface area contributed by atoms with Gasteiger partial charge in [0.15, 0.2) is 0 Å². The van der Waals surface area contributed by atoms with Crippen LogP contribution in [-0.4, -0.2) is 30.7 Å². The lowest BCUT2D eigenvalue weighted by Crippen LogP contribution is -2.44. The average Bonchev–Trinajstić information content (AvgIpc) is 2.29. The number of amides is 1. The first-order valence-electron chi connectivity index (χ1n) is 4.56. The second-order valence-corrected chi connectivity index (χ2v) is 4.10. The van der Waals surface area contributed by atoms with Gasteiger partial charge in [-0.3, -0.25) is 4.79 Å². The number of nitrogens with two attached hydrogens (primary N) is 1. The first kappa shape index (κ1) is 13.3. The molecule has 0 aromatic heterocycles. The summed E-state index contributed by atoms with van der Waals surface area (Å²) in [5.74, 6) is -0.388. The van der Waals surface area contributed by atoms with Gasteiger partial charge in [-0.25, -0.2) is 0 Å². The maximum Gasteiger partial charge on any atom is 0.246 e. The number of carbonyl (C=O) groups is 1. The number of nitrogens with zero attached hydrogens (tertiary/aromatic N) is 1. The minimum Gasteiger partial charge on any atom is -0.394 e. The van der Waals surface area contributed by atoms with Crippen LogP contribution in [0.5, 0.6) is 0 Å². The van der Waals surface area contributed by atoms with Crippen LogP contribution in [-0.2, 0) is 4.79 Å². The summed E-state index contributed by atoms with van der Waals surface area (Å²) in [4.78, 5) is 13.0. The van der Waals surface area contributed by atoms with E-state index in [0.717, 1.165) is 0 Å². The number of halogens is 2. The highest BCUT2D eigenvalue weighted by Gasteiger charge is 2.18. The van der Waals surface area contributed by atoms with E-state index in [1.165, 1.54) is 4.90 Å². The SMILES string of the molecule is CN(C(=O)C(N)CO)c1ccc(Cl)c(Cl)c1. The fraction of sp³-hybridized carbons (Fsp3) is 0.300. The van der Waals surface area contributed by atoms with Crippen molar-refractivity contribution in [2.45, 2.75) is 6.04 Å². The van der Waals surface area contributed by atoms with Crippen LogP contribution in [0, 0.1) is 0 Å². The first-order valence-corrected chi connectivity index (χ1v) is 5.32. The third kappa shape index (κ3) is 2.86. The second-order valence-electron chi connectivity index (χ2n) is 3.28. The van der Waals surface area contributed by atoms with Gasteiger partial charge in [0.2, 0.25) is 5.91 Å². The van der Waals surface area contributed by atoms with Crippen LogP contribution in [0.2, 0.25) is 10.0 Å². The Bertz CT molecular complexity index is 398. The van der Waals surface area contributed by atoms with Gasteiger partial charge < -0.3 is 15.7 Å². The minimum absolute atomic E-state index is 0.358. The molecule has 0 aliphatic heterocycles. The van der Waals surface area contributed by atoms with E-state index in [2.05, 4.69) is 0 Å². The Kier molecular flexibility index (Phi) is 4.56. The van der Waals surface area contributed by atoms with E-state index in [0.29, 0.717) is 15.7 Å². The van der Waals surface area contributed by atoms with Gasteiger partial charge in [-0.1, -0.05) is 23.2 Å². The molecule has 1 atom stereocenters. The molecule has 1 amide bonds. The molecular formula is C10H12Cl2N2O2. The van der Waals surface area contributed by atoms with Crippen molar-refractivity contribution in [3.05, 3.63) is 28.2 Å². The normalized spacial score (nSPS) is 12.3. The molecule has 0 spiro atoms. The number of hydrogen-bond donors (Lipinski definition) is 2. The van der Waals surface area contributed by atoms with E-state index < -0.39 is 12.6 Å². The number of aliphatic hydroxyl groups is 1. The van der Waals surface area contributed by atoms with Gasteiger partial charge >= 0.3 is 0 Å². The number of carbonyl (C=O) groups excluding carboxylic acids is 1. The van der Waals surface area contributed by atoms with E-state index in [9.17, 15) is 4.79 Å². The molecule has 0 radical (unpaired) electrons. The van der Waals surface area contributed by atoms with Crippen molar-refractivity contribution < 1.29 is 9.90 Å². The smallest absolute Gasteiger partial charge is 0.246 e. The molecule has 1 aromatic carbocycles. The van der Waals surface area contributed by atoms with Crippen LogP contribution < -0.4 is 10.6 Å². The molecule has 0 bridgehead atoms. The molecule has 4 nitrogen and oxygen atoms in total. The average molecular weight is 263 g/mol. The van der Waals surface area contributed by atoms with Crippen molar-refractivity contribution in [2.24, 2.45) is 5.73 Å². The summed E-state index contributed by atoms with van der Waals surface area (Å²) in [5.41, 5.74) is 5.99. The summed E-state index contributed by atoms with van der Waals surface area (Å²) in [6.07, 6.45) is 0. The number of hydrogen-bond acceptors (Lipinski definition) is 3. The summed E-state index contributed by atoms with van der Waals surface area (Å²) in [5, 5.41) is 9.55. The fourth-order valence-corrected chi connectivity index (χ4v) is 1.44. The molecule has 0 saturated carbocycles. The Hall–Kier alpha value is -0.810. The molecule has 1 unspecified atom stereocenters. The van der Waals surface area contributed by atoms with E-state index in [1.807, 2.05) is 0 Å². The van der Waals surface area contributed by atoms with Crippen LogP contribution >= 0.6 is 23.2 Å². The Morgan fingerprint density at radius 2 is 2.12 bits per heavy atom. The topological polar surface area (TPSA) is 66.6 Å². The highest BCUT2D eigenvalue weighted by Crippen LogP contribution is 2.26. The van der Waals surface area contributed by atoms with Crippen LogP contribution in [0.4, 0.5) is 5.69 Å². The van der Waals surface area contributed by atoms with Crippen LogP contribution in [0.15, 0.2) is 18.2 Å². The zero-order valence-corrected chi connectivity index (χ0v) is 10.2. The molecule has 0 saturated heterocycles. The maximum absolute atomic E-state index is 11.6. The minimum atomic E-state index is -0.931. The molecule has 0 fully saturated rings. The summed E-state index contributed by atoms with van der Waals surface area (Å²) in [7, 11) is 1.55. The fourth-order valence-electron chi connectivity index (χ4n) is 1.15. The van der Waals surface area contributed by atoms with Gasteiger partial charge in [0, 0.05) is 12.7 Å². The molecular weight excluding hydrogens is 251 g/mol. The molecule has 88 valence electrons. The Labute approximate surface area is 104 Å². The van der Waals surface area contributed by atoms with Gasteiger partial charge in [-0.15, -0.1) is 0 Å². The monoisotopic (exact) mass is 262 g/mol. The number of likely N-dealkylation sites (N-methyl/N-ethyl adjacent to an activating group) is 1. The van der Waals surface area contributed by atoms with Crippen molar-refractivity contribution >= 4 is 34.8 Å². The molecule has 0 aliphatic rings. The van der Waals surface area contributed by atoms with Crippen molar-refractivity contribution in [3.63, 3.8) is 0 Å². The van der Waals surface area contributed by atoms with E-state index >= 15 is 0 Å². The molecule has 16 heavy (non-hydrogen) atoms. The zero-order chi connectivity index (χ0) is 12.3. The molecule has 1 rings (SSSR count).